The standard InChI is InChI=1S/C19H24FN3O2/c20-13-6-4-12(5-7-13)9-14-18(25)23(11-17(24)22-14)16-10-19(16)8-2-1-3-15(19)21/h4-7,14-16H,1-3,8-11,21H2,(H,22,24)/t14-,15+,16?,19?/m0/s1. The van der Waals surface area contributed by atoms with Crippen molar-refractivity contribution in [3.63, 3.8) is 0 Å². The molecule has 2 aliphatic carbocycles. The Kier molecular flexibility index (Phi) is 4.02. The minimum atomic E-state index is -0.579. The van der Waals surface area contributed by atoms with Crippen molar-refractivity contribution >= 4 is 11.8 Å². The highest BCUT2D eigenvalue weighted by molar-refractivity contribution is 5.95. The first-order valence-electron chi connectivity index (χ1n) is 9.09. The highest BCUT2D eigenvalue weighted by Crippen LogP contribution is 2.58. The summed E-state index contributed by atoms with van der Waals surface area (Å²) in [5.41, 5.74) is 7.21. The van der Waals surface area contributed by atoms with Crippen molar-refractivity contribution in [2.45, 2.75) is 56.7 Å². The number of carbonyl (C=O) groups excluding carboxylic acids is 2. The predicted molar refractivity (Wildman–Crippen MR) is 91.0 cm³/mol. The minimum absolute atomic E-state index is 0.0198. The minimum Gasteiger partial charge on any atom is -0.342 e. The molecular weight excluding hydrogens is 321 g/mol. The maximum atomic E-state index is 13.1. The number of nitrogens with two attached hydrogens (primary N) is 1. The van der Waals surface area contributed by atoms with Gasteiger partial charge in [0.1, 0.15) is 11.9 Å². The molecule has 3 aliphatic rings. The van der Waals surface area contributed by atoms with Gasteiger partial charge in [-0.25, -0.2) is 4.39 Å². The van der Waals surface area contributed by atoms with E-state index in [9.17, 15) is 14.0 Å². The van der Waals surface area contributed by atoms with E-state index in [1.165, 1.54) is 12.1 Å². The van der Waals surface area contributed by atoms with Crippen molar-refractivity contribution in [3.05, 3.63) is 35.6 Å². The lowest BCUT2D eigenvalue weighted by atomic mass is 9.81. The molecule has 1 aliphatic heterocycles. The van der Waals surface area contributed by atoms with E-state index in [0.29, 0.717) is 6.42 Å². The molecule has 1 spiro atoms. The topological polar surface area (TPSA) is 75.4 Å². The summed E-state index contributed by atoms with van der Waals surface area (Å²) in [4.78, 5) is 26.9. The molecule has 2 unspecified atom stereocenters. The number of halogens is 1. The van der Waals surface area contributed by atoms with Crippen LogP contribution in [-0.2, 0) is 16.0 Å². The van der Waals surface area contributed by atoms with Gasteiger partial charge in [-0.3, -0.25) is 9.59 Å². The Balaban J connectivity index is 1.49. The molecule has 2 saturated carbocycles. The van der Waals surface area contributed by atoms with E-state index in [1.54, 1.807) is 17.0 Å². The number of piperazine rings is 1. The smallest absolute Gasteiger partial charge is 0.246 e. The Morgan fingerprint density at radius 1 is 1.24 bits per heavy atom. The van der Waals surface area contributed by atoms with Gasteiger partial charge in [0, 0.05) is 23.9 Å². The molecule has 25 heavy (non-hydrogen) atoms. The van der Waals surface area contributed by atoms with Gasteiger partial charge in [-0.15, -0.1) is 0 Å². The average Bonchev–Trinajstić information content (AvgIpc) is 3.30. The number of amides is 2. The third kappa shape index (κ3) is 2.92. The molecule has 1 heterocycles. The molecule has 0 bridgehead atoms. The second-order valence-electron chi connectivity index (χ2n) is 7.72. The van der Waals surface area contributed by atoms with Gasteiger partial charge in [0.15, 0.2) is 0 Å². The second-order valence-corrected chi connectivity index (χ2v) is 7.72. The van der Waals surface area contributed by atoms with E-state index in [2.05, 4.69) is 5.32 Å². The van der Waals surface area contributed by atoms with Crippen LogP contribution in [0.1, 0.15) is 37.7 Å². The quantitative estimate of drug-likeness (QED) is 0.868. The van der Waals surface area contributed by atoms with Crippen LogP contribution in [0.3, 0.4) is 0 Å². The fourth-order valence-electron chi connectivity index (χ4n) is 4.67. The number of benzene rings is 1. The first kappa shape index (κ1) is 16.5. The molecule has 1 aromatic rings. The van der Waals surface area contributed by atoms with E-state index in [1.807, 2.05) is 0 Å². The maximum absolute atomic E-state index is 13.1. The van der Waals surface area contributed by atoms with E-state index in [4.69, 9.17) is 5.73 Å². The van der Waals surface area contributed by atoms with Crippen LogP contribution >= 0.6 is 0 Å². The van der Waals surface area contributed by atoms with Crippen molar-refractivity contribution in [1.29, 1.82) is 0 Å². The van der Waals surface area contributed by atoms with Crippen molar-refractivity contribution < 1.29 is 14.0 Å². The lowest BCUT2D eigenvalue weighted by molar-refractivity contribution is -0.145. The molecule has 4 atom stereocenters. The van der Waals surface area contributed by atoms with Gasteiger partial charge in [0.2, 0.25) is 11.8 Å². The second kappa shape index (κ2) is 6.09. The molecule has 1 aromatic carbocycles. The van der Waals surface area contributed by atoms with Crippen molar-refractivity contribution in [2.24, 2.45) is 11.1 Å². The molecule has 3 fully saturated rings. The van der Waals surface area contributed by atoms with Gasteiger partial charge >= 0.3 is 0 Å². The number of carbonyl (C=O) groups is 2. The number of hydrogen-bond acceptors (Lipinski definition) is 3. The van der Waals surface area contributed by atoms with Crippen LogP contribution < -0.4 is 11.1 Å². The van der Waals surface area contributed by atoms with Crippen LogP contribution in [0.2, 0.25) is 0 Å². The molecule has 0 radical (unpaired) electrons. The van der Waals surface area contributed by atoms with Crippen LogP contribution in [0, 0.1) is 11.2 Å². The lowest BCUT2D eigenvalue weighted by Crippen LogP contribution is -2.60. The number of rotatable bonds is 3. The molecule has 1 saturated heterocycles. The Bertz CT molecular complexity index is 692. The molecule has 2 amide bonds. The molecule has 4 rings (SSSR count). The number of hydrogen-bond donors (Lipinski definition) is 2. The van der Waals surface area contributed by atoms with Crippen LogP contribution in [0.4, 0.5) is 4.39 Å². The average molecular weight is 345 g/mol. The van der Waals surface area contributed by atoms with E-state index in [0.717, 1.165) is 37.7 Å². The maximum Gasteiger partial charge on any atom is 0.246 e. The fourth-order valence-corrected chi connectivity index (χ4v) is 4.67. The van der Waals surface area contributed by atoms with Crippen molar-refractivity contribution in [3.8, 4) is 0 Å². The van der Waals surface area contributed by atoms with Gasteiger partial charge in [0.25, 0.3) is 0 Å². The highest BCUT2D eigenvalue weighted by Gasteiger charge is 2.62. The van der Waals surface area contributed by atoms with Gasteiger partial charge in [-0.1, -0.05) is 25.0 Å². The Labute approximate surface area is 146 Å². The zero-order valence-corrected chi connectivity index (χ0v) is 14.2. The van der Waals surface area contributed by atoms with Gasteiger partial charge in [0.05, 0.1) is 6.54 Å². The van der Waals surface area contributed by atoms with Crippen LogP contribution in [0.15, 0.2) is 24.3 Å². The Morgan fingerprint density at radius 2 is 2.00 bits per heavy atom. The Hall–Kier alpha value is -1.95. The molecule has 6 heteroatoms. The van der Waals surface area contributed by atoms with Gasteiger partial charge in [-0.05, 0) is 37.0 Å². The zero-order valence-electron chi connectivity index (χ0n) is 14.2. The normalized spacial score (nSPS) is 35.0. The zero-order chi connectivity index (χ0) is 17.6. The summed E-state index contributed by atoms with van der Waals surface area (Å²) < 4.78 is 13.1. The highest BCUT2D eigenvalue weighted by atomic mass is 19.1. The van der Waals surface area contributed by atoms with E-state index in [-0.39, 0.29) is 41.7 Å². The molecule has 5 nitrogen and oxygen atoms in total. The molecule has 3 N–H and O–H groups in total. The molecule has 0 aromatic heterocycles. The van der Waals surface area contributed by atoms with Gasteiger partial charge < -0.3 is 16.0 Å². The number of nitrogens with one attached hydrogen (secondary N) is 1. The van der Waals surface area contributed by atoms with Gasteiger partial charge in [-0.2, -0.15) is 0 Å². The fraction of sp³-hybridized carbons (Fsp3) is 0.579. The summed E-state index contributed by atoms with van der Waals surface area (Å²) in [6.07, 6.45) is 5.65. The Morgan fingerprint density at radius 3 is 2.72 bits per heavy atom. The summed E-state index contributed by atoms with van der Waals surface area (Å²) in [5, 5.41) is 2.79. The summed E-state index contributed by atoms with van der Waals surface area (Å²) in [5.74, 6) is -0.475. The SMILES string of the molecule is N[C@@H]1CCCCC12CC2N1CC(=O)N[C@@H](Cc2ccc(F)cc2)C1=O. The monoisotopic (exact) mass is 345 g/mol. The third-order valence-corrected chi connectivity index (χ3v) is 6.18. The van der Waals surface area contributed by atoms with E-state index < -0.39 is 6.04 Å². The summed E-state index contributed by atoms with van der Waals surface area (Å²) in [6.45, 7) is 0.123. The lowest BCUT2D eigenvalue weighted by Gasteiger charge is -2.37. The van der Waals surface area contributed by atoms with Crippen LogP contribution in [0.5, 0.6) is 0 Å². The first-order valence-corrected chi connectivity index (χ1v) is 9.09. The third-order valence-electron chi connectivity index (χ3n) is 6.18. The number of nitrogens with zero attached hydrogens (tertiary/aromatic N) is 1. The first-order chi connectivity index (χ1) is 12.0. The molecular formula is C19H24FN3O2. The van der Waals surface area contributed by atoms with Crippen LogP contribution in [-0.4, -0.2) is 41.4 Å². The summed E-state index contributed by atoms with van der Waals surface area (Å²) in [7, 11) is 0. The summed E-state index contributed by atoms with van der Waals surface area (Å²) >= 11 is 0. The van der Waals surface area contributed by atoms with Crippen molar-refractivity contribution in [1.82, 2.24) is 10.2 Å². The van der Waals surface area contributed by atoms with Crippen molar-refractivity contribution in [2.75, 3.05) is 6.54 Å². The summed E-state index contributed by atoms with van der Waals surface area (Å²) in [6, 6.07) is 5.70. The van der Waals surface area contributed by atoms with Crippen LogP contribution in [0.25, 0.3) is 0 Å². The van der Waals surface area contributed by atoms with E-state index >= 15 is 0 Å². The predicted octanol–water partition coefficient (Wildman–Crippen LogP) is 1.36. The largest absolute Gasteiger partial charge is 0.342 e. The molecule has 134 valence electrons.